The molecule has 1 saturated heterocycles. The van der Waals surface area contributed by atoms with Gasteiger partial charge in [-0.3, -0.25) is 24.2 Å². The smallest absolute Gasteiger partial charge is 0.293 e. The second-order valence-electron chi connectivity index (χ2n) is 7.74. The number of benzene rings is 2. The molecule has 0 spiro atoms. The SMILES string of the molecule is C=CCN(CC(=O)NCCN1C(=O)S/C(=C\c2ccc(OC)c(OC)c2)C1=O)Cc1ccccc1. The minimum absolute atomic E-state index is 0.0970. The Balaban J connectivity index is 1.53. The van der Waals surface area contributed by atoms with Crippen LogP contribution >= 0.6 is 11.8 Å². The Morgan fingerprint density at radius 3 is 2.54 bits per heavy atom. The number of thioether (sulfide) groups is 1. The van der Waals surface area contributed by atoms with Gasteiger partial charge in [-0.15, -0.1) is 6.58 Å². The summed E-state index contributed by atoms with van der Waals surface area (Å²) in [6.45, 7) is 5.39. The van der Waals surface area contributed by atoms with Crippen molar-refractivity contribution >= 4 is 34.9 Å². The molecule has 9 heteroatoms. The van der Waals surface area contributed by atoms with Gasteiger partial charge in [0.25, 0.3) is 11.1 Å². The van der Waals surface area contributed by atoms with Gasteiger partial charge in [0.05, 0.1) is 25.7 Å². The van der Waals surface area contributed by atoms with E-state index in [9.17, 15) is 14.4 Å². The van der Waals surface area contributed by atoms with Gasteiger partial charge in [-0.25, -0.2) is 0 Å². The normalized spacial score (nSPS) is 14.5. The predicted octanol–water partition coefficient (Wildman–Crippen LogP) is 3.54. The fraction of sp³-hybridized carbons (Fsp3) is 0.269. The third-order valence-electron chi connectivity index (χ3n) is 5.24. The predicted molar refractivity (Wildman–Crippen MR) is 137 cm³/mol. The van der Waals surface area contributed by atoms with E-state index in [1.54, 1.807) is 37.5 Å². The summed E-state index contributed by atoms with van der Waals surface area (Å²) in [6, 6.07) is 15.1. The van der Waals surface area contributed by atoms with Gasteiger partial charge in [-0.1, -0.05) is 42.5 Å². The highest BCUT2D eigenvalue weighted by molar-refractivity contribution is 8.18. The molecule has 0 bridgehead atoms. The Bertz CT molecular complexity index is 1100. The lowest BCUT2D eigenvalue weighted by atomic mass is 10.2. The summed E-state index contributed by atoms with van der Waals surface area (Å²) in [6.07, 6.45) is 3.39. The first-order valence-electron chi connectivity index (χ1n) is 11.1. The van der Waals surface area contributed by atoms with Crippen LogP contribution in [0.1, 0.15) is 11.1 Å². The van der Waals surface area contributed by atoms with Crippen LogP contribution in [0, 0.1) is 0 Å². The van der Waals surface area contributed by atoms with Gasteiger partial charge < -0.3 is 14.8 Å². The molecular weight excluding hydrogens is 466 g/mol. The van der Waals surface area contributed by atoms with E-state index in [4.69, 9.17) is 9.47 Å². The quantitative estimate of drug-likeness (QED) is 0.356. The number of methoxy groups -OCH3 is 2. The first-order chi connectivity index (χ1) is 16.9. The highest BCUT2D eigenvalue weighted by Gasteiger charge is 2.34. The molecule has 2 aromatic rings. The fourth-order valence-corrected chi connectivity index (χ4v) is 4.43. The summed E-state index contributed by atoms with van der Waals surface area (Å²) in [4.78, 5) is 41.0. The van der Waals surface area contributed by atoms with Gasteiger partial charge in [-0.05, 0) is 41.1 Å². The average molecular weight is 496 g/mol. The van der Waals surface area contributed by atoms with Crippen LogP contribution in [0.4, 0.5) is 4.79 Å². The first-order valence-corrected chi connectivity index (χ1v) is 11.9. The van der Waals surface area contributed by atoms with Crippen LogP contribution in [0.25, 0.3) is 6.08 Å². The highest BCUT2D eigenvalue weighted by Crippen LogP contribution is 2.34. The van der Waals surface area contributed by atoms with Gasteiger partial charge in [0.1, 0.15) is 0 Å². The third kappa shape index (κ3) is 7.21. The first kappa shape index (κ1) is 26.1. The summed E-state index contributed by atoms with van der Waals surface area (Å²) in [5, 5.41) is 2.43. The average Bonchev–Trinajstić information content (AvgIpc) is 3.12. The van der Waals surface area contributed by atoms with Crippen molar-refractivity contribution in [1.82, 2.24) is 15.1 Å². The molecule has 3 rings (SSSR count). The molecule has 0 unspecified atom stereocenters. The molecule has 0 aliphatic carbocycles. The fourth-order valence-electron chi connectivity index (χ4n) is 3.56. The molecule has 1 aliphatic heterocycles. The van der Waals surface area contributed by atoms with E-state index in [0.717, 1.165) is 22.2 Å². The van der Waals surface area contributed by atoms with Crippen LogP contribution in [0.5, 0.6) is 11.5 Å². The summed E-state index contributed by atoms with van der Waals surface area (Å²) < 4.78 is 10.5. The maximum absolute atomic E-state index is 12.8. The van der Waals surface area contributed by atoms with Gasteiger partial charge in [0, 0.05) is 26.2 Å². The second kappa shape index (κ2) is 12.8. The van der Waals surface area contributed by atoms with Gasteiger partial charge in [0.2, 0.25) is 5.91 Å². The van der Waals surface area contributed by atoms with E-state index in [-0.39, 0.29) is 36.7 Å². The summed E-state index contributed by atoms with van der Waals surface area (Å²) in [7, 11) is 3.07. The minimum atomic E-state index is -0.388. The zero-order valence-corrected chi connectivity index (χ0v) is 20.7. The van der Waals surface area contributed by atoms with Crippen LogP contribution in [0.3, 0.4) is 0 Å². The third-order valence-corrected chi connectivity index (χ3v) is 6.15. The van der Waals surface area contributed by atoms with E-state index in [2.05, 4.69) is 11.9 Å². The molecular formula is C26H29N3O5S. The highest BCUT2D eigenvalue weighted by atomic mass is 32.2. The summed E-state index contributed by atoms with van der Waals surface area (Å²) >= 11 is 0.872. The molecule has 1 aliphatic rings. The number of amides is 3. The van der Waals surface area contributed by atoms with Crippen molar-refractivity contribution in [3.8, 4) is 11.5 Å². The van der Waals surface area contributed by atoms with Crippen molar-refractivity contribution in [3.05, 3.63) is 77.2 Å². The number of nitrogens with zero attached hydrogens (tertiary/aromatic N) is 2. The van der Waals surface area contributed by atoms with Crippen LogP contribution < -0.4 is 14.8 Å². The molecule has 35 heavy (non-hydrogen) atoms. The Morgan fingerprint density at radius 1 is 1.11 bits per heavy atom. The van der Waals surface area contributed by atoms with Crippen molar-refractivity contribution in [2.24, 2.45) is 0 Å². The van der Waals surface area contributed by atoms with Crippen molar-refractivity contribution in [2.45, 2.75) is 6.54 Å². The van der Waals surface area contributed by atoms with E-state index >= 15 is 0 Å². The van der Waals surface area contributed by atoms with Crippen LogP contribution in [0.2, 0.25) is 0 Å². The lowest BCUT2D eigenvalue weighted by Gasteiger charge is -2.20. The van der Waals surface area contributed by atoms with Gasteiger partial charge >= 0.3 is 0 Å². The molecule has 0 radical (unpaired) electrons. The number of carbonyl (C=O) groups is 3. The molecule has 184 valence electrons. The number of hydrogen-bond acceptors (Lipinski definition) is 7. The van der Waals surface area contributed by atoms with Crippen molar-refractivity contribution in [3.63, 3.8) is 0 Å². The monoisotopic (exact) mass is 495 g/mol. The van der Waals surface area contributed by atoms with Crippen LogP contribution in [0.15, 0.2) is 66.1 Å². The Kier molecular flexibility index (Phi) is 9.51. The number of imide groups is 1. The molecule has 0 saturated carbocycles. The van der Waals surface area contributed by atoms with E-state index in [1.165, 1.54) is 7.11 Å². The molecule has 8 nitrogen and oxygen atoms in total. The minimum Gasteiger partial charge on any atom is -0.493 e. The van der Waals surface area contributed by atoms with E-state index < -0.39 is 0 Å². The number of nitrogens with one attached hydrogen (secondary N) is 1. The molecule has 0 aromatic heterocycles. The Morgan fingerprint density at radius 2 is 1.86 bits per heavy atom. The molecule has 1 heterocycles. The number of hydrogen-bond donors (Lipinski definition) is 1. The molecule has 1 fully saturated rings. The van der Waals surface area contributed by atoms with Crippen molar-refractivity contribution in [1.29, 1.82) is 0 Å². The maximum Gasteiger partial charge on any atom is 0.293 e. The van der Waals surface area contributed by atoms with Gasteiger partial charge in [-0.2, -0.15) is 0 Å². The van der Waals surface area contributed by atoms with Crippen LogP contribution in [-0.4, -0.2) is 67.3 Å². The molecule has 0 atom stereocenters. The number of ether oxygens (including phenoxy) is 2. The van der Waals surface area contributed by atoms with Crippen molar-refractivity contribution < 1.29 is 23.9 Å². The maximum atomic E-state index is 12.8. The lowest BCUT2D eigenvalue weighted by molar-refractivity contribution is -0.124. The Hall–Kier alpha value is -3.56. The lowest BCUT2D eigenvalue weighted by Crippen LogP contribution is -2.41. The topological polar surface area (TPSA) is 88.2 Å². The summed E-state index contributed by atoms with van der Waals surface area (Å²) in [5.74, 6) is 0.530. The molecule has 2 aromatic carbocycles. The number of carbonyl (C=O) groups excluding carboxylic acids is 3. The van der Waals surface area contributed by atoms with E-state index in [1.807, 2.05) is 35.2 Å². The standard InChI is InChI=1S/C26H29N3O5S/c1-4-13-28(17-19-8-6-5-7-9-19)18-24(30)27-12-14-29-25(31)23(35-26(29)32)16-20-10-11-21(33-2)22(15-20)34-3/h4-11,15-16H,1,12-14,17-18H2,2-3H3,(H,27,30)/b23-16-. The van der Waals surface area contributed by atoms with Gasteiger partial charge in [0.15, 0.2) is 11.5 Å². The van der Waals surface area contributed by atoms with Crippen molar-refractivity contribution in [2.75, 3.05) is 40.4 Å². The molecule has 1 N–H and O–H groups in total. The van der Waals surface area contributed by atoms with Crippen LogP contribution in [-0.2, 0) is 16.1 Å². The summed E-state index contributed by atoms with van der Waals surface area (Å²) in [5.41, 5.74) is 1.81. The zero-order chi connectivity index (χ0) is 25.2. The second-order valence-corrected chi connectivity index (χ2v) is 8.73. The number of rotatable bonds is 12. The zero-order valence-electron chi connectivity index (χ0n) is 19.9. The Labute approximate surface area is 209 Å². The molecule has 3 amide bonds. The largest absolute Gasteiger partial charge is 0.493 e. The van der Waals surface area contributed by atoms with E-state index in [0.29, 0.717) is 35.1 Å².